The Morgan fingerprint density at radius 1 is 1.09 bits per heavy atom. The average Bonchev–Trinajstić information content (AvgIpc) is 2.86. The van der Waals surface area contributed by atoms with Gasteiger partial charge in [0.05, 0.1) is 23.4 Å². The Morgan fingerprint density at radius 3 is 2.46 bits per heavy atom. The molecule has 1 N–H and O–H groups in total. The largest absolute Gasteiger partial charge is 0.493 e. The minimum Gasteiger partial charge on any atom is -0.493 e. The molecule has 3 rings (SSSR count). The minimum atomic E-state index is -0.577. The van der Waals surface area contributed by atoms with Crippen molar-refractivity contribution in [3.8, 4) is 17.6 Å². The SMILES string of the molecule is COC(=O)c1ccc(NC(=O)/C(C#N)=C/c2cc(I)c(OCc3cccc(C)c3)c(OC)c2)cc1. The molecule has 1 amide bonds. The number of aryl methyl sites for hydroxylation is 1. The van der Waals surface area contributed by atoms with Gasteiger partial charge in [-0.15, -0.1) is 0 Å². The number of ether oxygens (including phenoxy) is 3. The van der Waals surface area contributed by atoms with Crippen molar-refractivity contribution in [1.29, 1.82) is 5.26 Å². The zero-order chi connectivity index (χ0) is 25.4. The second-order valence-electron chi connectivity index (χ2n) is 7.50. The van der Waals surface area contributed by atoms with Crippen LogP contribution in [0.2, 0.25) is 0 Å². The van der Waals surface area contributed by atoms with Gasteiger partial charge >= 0.3 is 5.97 Å². The molecule has 0 spiro atoms. The number of esters is 1. The van der Waals surface area contributed by atoms with Crippen LogP contribution in [-0.2, 0) is 16.1 Å². The van der Waals surface area contributed by atoms with Crippen molar-refractivity contribution in [2.75, 3.05) is 19.5 Å². The average molecular weight is 582 g/mol. The van der Waals surface area contributed by atoms with E-state index in [1.165, 1.54) is 32.4 Å². The molecular formula is C27H23IN2O5. The van der Waals surface area contributed by atoms with Crippen LogP contribution in [0.3, 0.4) is 0 Å². The molecule has 0 aromatic heterocycles. The quantitative estimate of drug-likeness (QED) is 0.163. The summed E-state index contributed by atoms with van der Waals surface area (Å²) in [5.41, 5.74) is 3.50. The Balaban J connectivity index is 1.78. The highest BCUT2D eigenvalue weighted by atomic mass is 127. The molecule has 178 valence electrons. The number of nitrogens with one attached hydrogen (secondary N) is 1. The first-order valence-electron chi connectivity index (χ1n) is 10.5. The predicted octanol–water partition coefficient (Wildman–Crippen LogP) is 5.52. The van der Waals surface area contributed by atoms with Crippen molar-refractivity contribution in [3.63, 3.8) is 0 Å². The summed E-state index contributed by atoms with van der Waals surface area (Å²) in [5, 5.41) is 12.2. The molecular weight excluding hydrogens is 559 g/mol. The molecule has 35 heavy (non-hydrogen) atoms. The van der Waals surface area contributed by atoms with E-state index in [-0.39, 0.29) is 5.57 Å². The van der Waals surface area contributed by atoms with E-state index in [2.05, 4.69) is 38.7 Å². The van der Waals surface area contributed by atoms with Crippen LogP contribution in [-0.4, -0.2) is 26.1 Å². The van der Waals surface area contributed by atoms with Crippen molar-refractivity contribution in [3.05, 3.63) is 92.1 Å². The van der Waals surface area contributed by atoms with Gasteiger partial charge in [0.2, 0.25) is 0 Å². The van der Waals surface area contributed by atoms with Gasteiger partial charge in [-0.1, -0.05) is 29.8 Å². The number of methoxy groups -OCH3 is 2. The van der Waals surface area contributed by atoms with Gasteiger partial charge in [-0.25, -0.2) is 4.79 Å². The summed E-state index contributed by atoms with van der Waals surface area (Å²) in [7, 11) is 2.83. The number of amides is 1. The van der Waals surface area contributed by atoms with E-state index in [1.54, 1.807) is 18.2 Å². The molecule has 0 fully saturated rings. The van der Waals surface area contributed by atoms with Crippen LogP contribution in [0.4, 0.5) is 5.69 Å². The molecule has 3 aromatic carbocycles. The first-order chi connectivity index (χ1) is 16.8. The van der Waals surface area contributed by atoms with Gasteiger partial charge in [-0.3, -0.25) is 4.79 Å². The van der Waals surface area contributed by atoms with Gasteiger partial charge in [0.25, 0.3) is 5.91 Å². The molecule has 0 bridgehead atoms. The topological polar surface area (TPSA) is 97.7 Å². The molecule has 0 atom stereocenters. The summed E-state index contributed by atoms with van der Waals surface area (Å²) >= 11 is 2.14. The number of carbonyl (C=O) groups is 2. The van der Waals surface area contributed by atoms with E-state index < -0.39 is 11.9 Å². The maximum atomic E-state index is 12.7. The van der Waals surface area contributed by atoms with Crippen LogP contribution in [0.15, 0.2) is 66.2 Å². The third-order valence-corrected chi connectivity index (χ3v) is 5.76. The highest BCUT2D eigenvalue weighted by Gasteiger charge is 2.15. The molecule has 0 heterocycles. The lowest BCUT2D eigenvalue weighted by Crippen LogP contribution is -2.13. The maximum Gasteiger partial charge on any atom is 0.337 e. The minimum absolute atomic E-state index is 0.0895. The van der Waals surface area contributed by atoms with E-state index in [0.29, 0.717) is 34.9 Å². The van der Waals surface area contributed by atoms with E-state index in [0.717, 1.165) is 14.7 Å². The number of benzene rings is 3. The molecule has 0 unspecified atom stereocenters. The molecule has 0 aliphatic heterocycles. The number of hydrogen-bond acceptors (Lipinski definition) is 6. The molecule has 7 nitrogen and oxygen atoms in total. The van der Waals surface area contributed by atoms with Crippen LogP contribution >= 0.6 is 22.6 Å². The second-order valence-corrected chi connectivity index (χ2v) is 8.67. The Morgan fingerprint density at radius 2 is 1.83 bits per heavy atom. The summed E-state index contributed by atoms with van der Waals surface area (Å²) in [5.74, 6) is 0.0229. The first kappa shape index (κ1) is 25.8. The number of nitriles is 1. The number of halogens is 1. The monoisotopic (exact) mass is 582 g/mol. The Hall–Kier alpha value is -3.84. The van der Waals surface area contributed by atoms with Crippen LogP contribution in [0, 0.1) is 21.8 Å². The van der Waals surface area contributed by atoms with E-state index in [4.69, 9.17) is 9.47 Å². The summed E-state index contributed by atoms with van der Waals surface area (Å²) < 4.78 is 17.0. The Kier molecular flexibility index (Phi) is 8.86. The lowest BCUT2D eigenvalue weighted by molar-refractivity contribution is -0.112. The Labute approximate surface area is 217 Å². The van der Waals surface area contributed by atoms with Crippen molar-refractivity contribution in [1.82, 2.24) is 0 Å². The lowest BCUT2D eigenvalue weighted by atomic mass is 10.1. The smallest absolute Gasteiger partial charge is 0.337 e. The van der Waals surface area contributed by atoms with Crippen molar-refractivity contribution in [2.24, 2.45) is 0 Å². The standard InChI is InChI=1S/C27H23IN2O5/c1-17-5-4-6-18(11-17)16-35-25-23(28)13-19(14-24(25)33-2)12-21(15-29)26(31)30-22-9-7-20(8-10-22)27(32)34-3/h4-14H,16H2,1-3H3,(H,30,31)/b21-12+. The van der Waals surface area contributed by atoms with Crippen LogP contribution in [0.1, 0.15) is 27.0 Å². The third-order valence-electron chi connectivity index (χ3n) is 4.96. The summed E-state index contributed by atoms with van der Waals surface area (Å²) in [6, 6.07) is 19.7. The molecule has 0 saturated heterocycles. The predicted molar refractivity (Wildman–Crippen MR) is 141 cm³/mol. The fourth-order valence-corrected chi connectivity index (χ4v) is 4.02. The molecule has 0 saturated carbocycles. The zero-order valence-corrected chi connectivity index (χ0v) is 21.6. The number of hydrogen-bond donors (Lipinski definition) is 1. The Bertz CT molecular complexity index is 1310. The molecule has 8 heteroatoms. The van der Waals surface area contributed by atoms with Crippen LogP contribution in [0.25, 0.3) is 6.08 Å². The number of nitrogens with zero attached hydrogens (tertiary/aromatic N) is 1. The highest BCUT2D eigenvalue weighted by Crippen LogP contribution is 2.35. The van der Waals surface area contributed by atoms with Crippen molar-refractivity contribution >= 4 is 46.2 Å². The summed E-state index contributed by atoms with van der Waals surface area (Å²) in [6.07, 6.45) is 1.48. The van der Waals surface area contributed by atoms with Gasteiger partial charge in [0.1, 0.15) is 18.2 Å². The van der Waals surface area contributed by atoms with Crippen molar-refractivity contribution in [2.45, 2.75) is 13.5 Å². The molecule has 0 radical (unpaired) electrons. The maximum absolute atomic E-state index is 12.7. The lowest BCUT2D eigenvalue weighted by Gasteiger charge is -2.14. The first-order valence-corrected chi connectivity index (χ1v) is 11.6. The fraction of sp³-hybridized carbons (Fsp3) is 0.148. The summed E-state index contributed by atoms with van der Waals surface area (Å²) in [6.45, 7) is 2.40. The van der Waals surface area contributed by atoms with Gasteiger partial charge < -0.3 is 19.5 Å². The van der Waals surface area contributed by atoms with Gasteiger partial charge in [0.15, 0.2) is 11.5 Å². The van der Waals surface area contributed by atoms with Crippen LogP contribution < -0.4 is 14.8 Å². The van der Waals surface area contributed by atoms with E-state index in [9.17, 15) is 14.9 Å². The van der Waals surface area contributed by atoms with Crippen LogP contribution in [0.5, 0.6) is 11.5 Å². The number of rotatable bonds is 8. The second kappa shape index (κ2) is 12.0. The normalized spacial score (nSPS) is 10.8. The van der Waals surface area contributed by atoms with Gasteiger partial charge in [0, 0.05) is 5.69 Å². The van der Waals surface area contributed by atoms with Gasteiger partial charge in [-0.2, -0.15) is 5.26 Å². The molecule has 0 aliphatic rings. The van der Waals surface area contributed by atoms with E-state index >= 15 is 0 Å². The highest BCUT2D eigenvalue weighted by molar-refractivity contribution is 14.1. The third kappa shape index (κ3) is 6.83. The van der Waals surface area contributed by atoms with Gasteiger partial charge in [-0.05, 0) is 83.1 Å². The molecule has 0 aliphatic carbocycles. The summed E-state index contributed by atoms with van der Waals surface area (Å²) in [4.78, 5) is 24.2. The fourth-order valence-electron chi connectivity index (χ4n) is 3.24. The zero-order valence-electron chi connectivity index (χ0n) is 19.4. The number of anilines is 1. The number of carbonyl (C=O) groups excluding carboxylic acids is 2. The van der Waals surface area contributed by atoms with E-state index in [1.807, 2.05) is 37.3 Å². The van der Waals surface area contributed by atoms with Crippen molar-refractivity contribution < 1.29 is 23.8 Å². The molecule has 3 aromatic rings.